The van der Waals surface area contributed by atoms with E-state index in [2.05, 4.69) is 44.9 Å². The third-order valence-corrected chi connectivity index (χ3v) is 3.19. The van der Waals surface area contributed by atoms with E-state index in [1.54, 1.807) is 0 Å². The summed E-state index contributed by atoms with van der Waals surface area (Å²) in [5.74, 6) is 1.03. The molecule has 0 fully saturated rings. The summed E-state index contributed by atoms with van der Waals surface area (Å²) in [7, 11) is 0. The molecule has 4 heteroatoms. The molecular weight excluding hydrogens is 266 g/mol. The van der Waals surface area contributed by atoms with E-state index in [1.807, 2.05) is 6.20 Å². The van der Waals surface area contributed by atoms with Gasteiger partial charge in [-0.15, -0.1) is 0 Å². The number of halogens is 1. The Labute approximate surface area is 104 Å². The monoisotopic (exact) mass is 281 g/mol. The van der Waals surface area contributed by atoms with Crippen LogP contribution >= 0.6 is 15.9 Å². The van der Waals surface area contributed by atoms with Gasteiger partial charge in [0.1, 0.15) is 5.82 Å². The average molecular weight is 282 g/mol. The Kier molecular flexibility index (Phi) is 3.61. The largest absolute Gasteiger partial charge is 0.352 e. The lowest BCUT2D eigenvalue weighted by molar-refractivity contribution is 0.769. The first-order chi connectivity index (χ1) is 7.70. The molecule has 0 amide bonds. The first-order valence-corrected chi connectivity index (χ1v) is 6.25. The van der Waals surface area contributed by atoms with Crippen LogP contribution < -0.4 is 10.6 Å². The Balaban J connectivity index is 2.29. The number of anilines is 1. The molecule has 86 valence electrons. The van der Waals surface area contributed by atoms with Crippen molar-refractivity contribution in [3.8, 4) is 0 Å². The van der Waals surface area contributed by atoms with Crippen molar-refractivity contribution in [3.05, 3.63) is 33.9 Å². The van der Waals surface area contributed by atoms with Crippen LogP contribution in [0.15, 0.2) is 28.4 Å². The van der Waals surface area contributed by atoms with Crippen molar-refractivity contribution in [2.45, 2.75) is 19.9 Å². The van der Waals surface area contributed by atoms with Crippen LogP contribution in [-0.2, 0) is 6.54 Å². The SMILES string of the molecule is CC1=CCCN(c2ncc(Br)cc2CN)C1. The van der Waals surface area contributed by atoms with Crippen LogP contribution in [0.5, 0.6) is 0 Å². The highest BCUT2D eigenvalue weighted by atomic mass is 79.9. The Morgan fingerprint density at radius 2 is 2.38 bits per heavy atom. The minimum atomic E-state index is 0.529. The van der Waals surface area contributed by atoms with Crippen LogP contribution in [-0.4, -0.2) is 18.1 Å². The van der Waals surface area contributed by atoms with Gasteiger partial charge in [-0.1, -0.05) is 11.6 Å². The van der Waals surface area contributed by atoms with Crippen LogP contribution in [0.3, 0.4) is 0 Å². The van der Waals surface area contributed by atoms with Gasteiger partial charge >= 0.3 is 0 Å². The Morgan fingerprint density at radius 1 is 1.56 bits per heavy atom. The fraction of sp³-hybridized carbons (Fsp3) is 0.417. The van der Waals surface area contributed by atoms with Gasteiger partial charge in [0.25, 0.3) is 0 Å². The molecule has 2 N–H and O–H groups in total. The summed E-state index contributed by atoms with van der Waals surface area (Å²) < 4.78 is 0.987. The summed E-state index contributed by atoms with van der Waals surface area (Å²) in [6, 6.07) is 2.05. The van der Waals surface area contributed by atoms with Crippen LogP contribution in [0.4, 0.5) is 5.82 Å². The molecule has 0 atom stereocenters. The second kappa shape index (κ2) is 4.97. The van der Waals surface area contributed by atoms with Gasteiger partial charge < -0.3 is 10.6 Å². The summed E-state index contributed by atoms with van der Waals surface area (Å²) in [6.45, 7) is 4.68. The van der Waals surface area contributed by atoms with E-state index in [-0.39, 0.29) is 0 Å². The Hall–Kier alpha value is -0.870. The van der Waals surface area contributed by atoms with E-state index in [0.717, 1.165) is 35.4 Å². The molecule has 16 heavy (non-hydrogen) atoms. The predicted molar refractivity (Wildman–Crippen MR) is 70.4 cm³/mol. The van der Waals surface area contributed by atoms with Crippen molar-refractivity contribution >= 4 is 21.7 Å². The fourth-order valence-corrected chi connectivity index (χ4v) is 2.38. The van der Waals surface area contributed by atoms with Gasteiger partial charge in [0.15, 0.2) is 0 Å². The smallest absolute Gasteiger partial charge is 0.133 e. The highest BCUT2D eigenvalue weighted by molar-refractivity contribution is 9.10. The molecule has 0 unspecified atom stereocenters. The van der Waals surface area contributed by atoms with Crippen molar-refractivity contribution in [2.75, 3.05) is 18.0 Å². The molecule has 0 spiro atoms. The molecule has 2 rings (SSSR count). The first-order valence-electron chi connectivity index (χ1n) is 5.46. The van der Waals surface area contributed by atoms with Crippen LogP contribution in [0.2, 0.25) is 0 Å². The van der Waals surface area contributed by atoms with E-state index < -0.39 is 0 Å². The first kappa shape index (κ1) is 11.6. The van der Waals surface area contributed by atoms with Crippen molar-refractivity contribution in [3.63, 3.8) is 0 Å². The second-order valence-corrected chi connectivity index (χ2v) is 5.02. The molecule has 0 saturated carbocycles. The standard InChI is InChI=1S/C12H16BrN3/c1-9-3-2-4-16(8-9)12-10(6-14)5-11(13)7-15-12/h3,5,7H,2,4,6,8,14H2,1H3. The number of hydrogen-bond acceptors (Lipinski definition) is 3. The molecule has 1 aromatic heterocycles. The van der Waals surface area contributed by atoms with Crippen LogP contribution in [0.25, 0.3) is 0 Å². The van der Waals surface area contributed by atoms with Gasteiger partial charge in [0.2, 0.25) is 0 Å². The van der Waals surface area contributed by atoms with Gasteiger partial charge in [-0.2, -0.15) is 0 Å². The average Bonchev–Trinajstić information content (AvgIpc) is 2.28. The zero-order chi connectivity index (χ0) is 11.5. The topological polar surface area (TPSA) is 42.2 Å². The normalized spacial score (nSPS) is 16.2. The number of nitrogens with zero attached hydrogens (tertiary/aromatic N) is 2. The minimum Gasteiger partial charge on any atom is -0.352 e. The number of hydrogen-bond donors (Lipinski definition) is 1. The second-order valence-electron chi connectivity index (χ2n) is 4.10. The van der Waals surface area contributed by atoms with Crippen molar-refractivity contribution in [1.29, 1.82) is 0 Å². The molecule has 0 aromatic carbocycles. The fourth-order valence-electron chi connectivity index (χ4n) is 2.00. The molecular formula is C12H16BrN3. The number of nitrogens with two attached hydrogens (primary N) is 1. The summed E-state index contributed by atoms with van der Waals surface area (Å²) >= 11 is 3.43. The molecule has 0 bridgehead atoms. The lowest BCUT2D eigenvalue weighted by atomic mass is 10.1. The van der Waals surface area contributed by atoms with Gasteiger partial charge in [-0.05, 0) is 35.3 Å². The van der Waals surface area contributed by atoms with Gasteiger partial charge in [-0.3, -0.25) is 0 Å². The summed E-state index contributed by atoms with van der Waals surface area (Å²) in [6.07, 6.45) is 5.22. The zero-order valence-electron chi connectivity index (χ0n) is 9.41. The third-order valence-electron chi connectivity index (χ3n) is 2.76. The lowest BCUT2D eigenvalue weighted by Crippen LogP contribution is -2.31. The predicted octanol–water partition coefficient (Wildman–Crippen LogP) is 2.46. The van der Waals surface area contributed by atoms with Gasteiger partial charge in [0, 0.05) is 35.9 Å². The molecule has 3 nitrogen and oxygen atoms in total. The highest BCUT2D eigenvalue weighted by Crippen LogP contribution is 2.24. The lowest BCUT2D eigenvalue weighted by Gasteiger charge is -2.28. The molecule has 0 radical (unpaired) electrons. The van der Waals surface area contributed by atoms with Crippen LogP contribution in [0.1, 0.15) is 18.9 Å². The summed E-state index contributed by atoms with van der Waals surface area (Å²) in [5.41, 5.74) is 8.26. The molecule has 2 heterocycles. The molecule has 1 aliphatic rings. The summed E-state index contributed by atoms with van der Waals surface area (Å²) in [5, 5.41) is 0. The quantitative estimate of drug-likeness (QED) is 0.847. The van der Waals surface area contributed by atoms with Crippen molar-refractivity contribution in [2.24, 2.45) is 5.73 Å². The van der Waals surface area contributed by atoms with E-state index >= 15 is 0 Å². The minimum absolute atomic E-state index is 0.529. The van der Waals surface area contributed by atoms with E-state index in [1.165, 1.54) is 5.57 Å². The molecule has 1 aliphatic heterocycles. The molecule has 0 aliphatic carbocycles. The van der Waals surface area contributed by atoms with E-state index in [9.17, 15) is 0 Å². The van der Waals surface area contributed by atoms with Crippen LogP contribution in [0, 0.1) is 0 Å². The Morgan fingerprint density at radius 3 is 3.06 bits per heavy atom. The van der Waals surface area contributed by atoms with Crippen molar-refractivity contribution < 1.29 is 0 Å². The maximum Gasteiger partial charge on any atom is 0.133 e. The third kappa shape index (κ3) is 2.44. The number of pyridine rings is 1. The van der Waals surface area contributed by atoms with E-state index in [4.69, 9.17) is 5.73 Å². The van der Waals surface area contributed by atoms with Gasteiger partial charge in [0.05, 0.1) is 0 Å². The summed E-state index contributed by atoms with van der Waals surface area (Å²) in [4.78, 5) is 6.77. The number of rotatable bonds is 2. The van der Waals surface area contributed by atoms with E-state index in [0.29, 0.717) is 6.54 Å². The maximum absolute atomic E-state index is 5.76. The maximum atomic E-state index is 5.76. The molecule has 0 saturated heterocycles. The van der Waals surface area contributed by atoms with Crippen molar-refractivity contribution in [1.82, 2.24) is 4.98 Å². The highest BCUT2D eigenvalue weighted by Gasteiger charge is 2.15. The Bertz CT molecular complexity index is 415. The number of aromatic nitrogens is 1. The molecule has 1 aromatic rings. The zero-order valence-corrected chi connectivity index (χ0v) is 11.0. The van der Waals surface area contributed by atoms with Gasteiger partial charge in [-0.25, -0.2) is 4.98 Å².